The summed E-state index contributed by atoms with van der Waals surface area (Å²) in [7, 11) is 0. The molecule has 4 rings (SSSR count). The third-order valence-electron chi connectivity index (χ3n) is 4.37. The number of nitrogens with zero attached hydrogens (tertiary/aromatic N) is 3. The molecule has 134 valence electrons. The second-order valence-electron chi connectivity index (χ2n) is 6.10. The van der Waals surface area contributed by atoms with E-state index in [2.05, 4.69) is 43.0 Å². The van der Waals surface area contributed by atoms with Crippen molar-refractivity contribution in [3.63, 3.8) is 0 Å². The van der Waals surface area contributed by atoms with Gasteiger partial charge in [-0.25, -0.2) is 4.68 Å². The van der Waals surface area contributed by atoms with Gasteiger partial charge in [-0.3, -0.25) is 5.73 Å². The Labute approximate surface area is 173 Å². The standard InChI is InChI=1S/C20H14Br2N4O/c1-11-17-18(12-5-7-13(21)8-6-12)16(10-23)19(24)27-20(17)26(25-11)15-4-2-3-14(22)9-15/h2-9,19H,24H2,1H3. The second kappa shape index (κ2) is 6.97. The van der Waals surface area contributed by atoms with Gasteiger partial charge < -0.3 is 4.74 Å². The molecule has 1 aliphatic rings. The molecule has 1 aliphatic heterocycles. The maximum atomic E-state index is 9.71. The van der Waals surface area contributed by atoms with Crippen molar-refractivity contribution in [3.05, 3.63) is 79.9 Å². The van der Waals surface area contributed by atoms with Crippen LogP contribution in [0.1, 0.15) is 16.8 Å². The van der Waals surface area contributed by atoms with Crippen LogP contribution in [-0.4, -0.2) is 16.0 Å². The Morgan fingerprint density at radius 3 is 2.56 bits per heavy atom. The molecule has 1 unspecified atom stereocenters. The molecule has 0 radical (unpaired) electrons. The molecule has 0 bridgehead atoms. The van der Waals surface area contributed by atoms with Gasteiger partial charge in [0.05, 0.1) is 22.5 Å². The highest BCUT2D eigenvalue weighted by molar-refractivity contribution is 9.10. The normalized spacial score (nSPS) is 15.9. The molecule has 2 aromatic carbocycles. The minimum Gasteiger partial charge on any atom is -0.453 e. The van der Waals surface area contributed by atoms with Crippen LogP contribution in [0.2, 0.25) is 0 Å². The SMILES string of the molecule is Cc1nn(-c2cccc(Br)c2)c2c1C(c1ccc(Br)cc1)=C(C#N)C(N)O2. The number of benzene rings is 2. The Hall–Kier alpha value is -2.40. The summed E-state index contributed by atoms with van der Waals surface area (Å²) in [5.41, 5.74) is 10.6. The lowest BCUT2D eigenvalue weighted by atomic mass is 9.91. The monoisotopic (exact) mass is 484 g/mol. The predicted octanol–water partition coefficient (Wildman–Crippen LogP) is 4.71. The summed E-state index contributed by atoms with van der Waals surface area (Å²) in [4.78, 5) is 0. The fourth-order valence-electron chi connectivity index (χ4n) is 3.18. The molecule has 0 saturated carbocycles. The van der Waals surface area contributed by atoms with E-state index >= 15 is 0 Å². The summed E-state index contributed by atoms with van der Waals surface area (Å²) < 4.78 is 9.55. The number of ether oxygens (including phenoxy) is 1. The summed E-state index contributed by atoms with van der Waals surface area (Å²) in [6.07, 6.45) is -0.858. The van der Waals surface area contributed by atoms with E-state index in [1.54, 1.807) is 4.68 Å². The van der Waals surface area contributed by atoms with Gasteiger partial charge in [-0.15, -0.1) is 0 Å². The molecular weight excluding hydrogens is 472 g/mol. The van der Waals surface area contributed by atoms with Crippen LogP contribution >= 0.6 is 31.9 Å². The van der Waals surface area contributed by atoms with Crippen LogP contribution in [0.3, 0.4) is 0 Å². The quantitative estimate of drug-likeness (QED) is 0.570. The lowest BCUT2D eigenvalue weighted by molar-refractivity contribution is 0.228. The zero-order valence-electron chi connectivity index (χ0n) is 14.3. The van der Waals surface area contributed by atoms with Crippen LogP contribution in [-0.2, 0) is 0 Å². The topological polar surface area (TPSA) is 76.9 Å². The highest BCUT2D eigenvalue weighted by atomic mass is 79.9. The van der Waals surface area contributed by atoms with Gasteiger partial charge in [0.2, 0.25) is 5.88 Å². The summed E-state index contributed by atoms with van der Waals surface area (Å²) in [5.74, 6) is 0.537. The lowest BCUT2D eigenvalue weighted by Crippen LogP contribution is -2.33. The Morgan fingerprint density at radius 2 is 1.89 bits per heavy atom. The van der Waals surface area contributed by atoms with Crippen molar-refractivity contribution in [1.82, 2.24) is 9.78 Å². The number of hydrogen-bond acceptors (Lipinski definition) is 4. The number of fused-ring (bicyclic) bond motifs is 1. The largest absolute Gasteiger partial charge is 0.453 e. The molecule has 2 heterocycles. The number of aryl methyl sites for hydroxylation is 1. The first-order chi connectivity index (χ1) is 13.0. The van der Waals surface area contributed by atoms with E-state index in [0.29, 0.717) is 11.5 Å². The Bertz CT molecular complexity index is 1110. The first-order valence-electron chi connectivity index (χ1n) is 8.18. The summed E-state index contributed by atoms with van der Waals surface area (Å²) >= 11 is 6.94. The maximum Gasteiger partial charge on any atom is 0.226 e. The van der Waals surface area contributed by atoms with Gasteiger partial charge in [-0.1, -0.05) is 50.1 Å². The molecule has 0 saturated heterocycles. The zero-order valence-corrected chi connectivity index (χ0v) is 17.5. The van der Waals surface area contributed by atoms with Crippen molar-refractivity contribution >= 4 is 37.4 Å². The summed E-state index contributed by atoms with van der Waals surface area (Å²) in [6.45, 7) is 1.90. The van der Waals surface area contributed by atoms with Gasteiger partial charge >= 0.3 is 0 Å². The van der Waals surface area contributed by atoms with Gasteiger partial charge in [0.25, 0.3) is 0 Å². The van der Waals surface area contributed by atoms with E-state index in [1.165, 1.54) is 0 Å². The van der Waals surface area contributed by atoms with E-state index < -0.39 is 6.23 Å². The van der Waals surface area contributed by atoms with Gasteiger partial charge in [0.15, 0.2) is 6.23 Å². The van der Waals surface area contributed by atoms with Crippen LogP contribution in [0.5, 0.6) is 5.88 Å². The van der Waals surface area contributed by atoms with Gasteiger partial charge in [0.1, 0.15) is 6.07 Å². The third-order valence-corrected chi connectivity index (χ3v) is 5.39. The second-order valence-corrected chi connectivity index (χ2v) is 7.93. The molecule has 1 atom stereocenters. The number of rotatable bonds is 2. The van der Waals surface area contributed by atoms with Crippen LogP contribution in [0.4, 0.5) is 0 Å². The molecular formula is C20H14Br2N4O. The van der Waals surface area contributed by atoms with Crippen molar-refractivity contribution in [2.24, 2.45) is 5.73 Å². The molecule has 5 nitrogen and oxygen atoms in total. The minimum atomic E-state index is -0.858. The highest BCUT2D eigenvalue weighted by Gasteiger charge is 2.33. The zero-order chi connectivity index (χ0) is 19.1. The van der Waals surface area contributed by atoms with E-state index in [4.69, 9.17) is 10.5 Å². The number of hydrogen-bond donors (Lipinski definition) is 1. The first-order valence-corrected chi connectivity index (χ1v) is 9.76. The molecule has 0 fully saturated rings. The van der Waals surface area contributed by atoms with Crippen LogP contribution in [0.15, 0.2) is 63.0 Å². The molecule has 27 heavy (non-hydrogen) atoms. The number of aromatic nitrogens is 2. The van der Waals surface area contributed by atoms with Crippen LogP contribution in [0.25, 0.3) is 11.3 Å². The van der Waals surface area contributed by atoms with E-state index in [9.17, 15) is 5.26 Å². The fraction of sp³-hybridized carbons (Fsp3) is 0.100. The average molecular weight is 486 g/mol. The van der Waals surface area contributed by atoms with Crippen molar-refractivity contribution in [2.45, 2.75) is 13.2 Å². The Balaban J connectivity index is 1.99. The molecule has 3 aromatic rings. The molecule has 7 heteroatoms. The van der Waals surface area contributed by atoms with Crippen LogP contribution < -0.4 is 10.5 Å². The van der Waals surface area contributed by atoms with Crippen molar-refractivity contribution < 1.29 is 4.74 Å². The minimum absolute atomic E-state index is 0.390. The maximum absolute atomic E-state index is 9.71. The van der Waals surface area contributed by atoms with E-state index in [0.717, 1.165) is 37.0 Å². The van der Waals surface area contributed by atoms with Crippen molar-refractivity contribution in [1.29, 1.82) is 5.26 Å². The van der Waals surface area contributed by atoms with Crippen molar-refractivity contribution in [3.8, 4) is 17.6 Å². The summed E-state index contributed by atoms with van der Waals surface area (Å²) in [6, 6.07) is 17.8. The van der Waals surface area contributed by atoms with E-state index in [1.807, 2.05) is 55.5 Å². The number of nitriles is 1. The van der Waals surface area contributed by atoms with Crippen LogP contribution in [0, 0.1) is 18.3 Å². The molecule has 0 spiro atoms. The molecule has 1 aromatic heterocycles. The highest BCUT2D eigenvalue weighted by Crippen LogP contribution is 2.42. The van der Waals surface area contributed by atoms with Gasteiger partial charge in [-0.2, -0.15) is 10.4 Å². The Kier molecular flexibility index (Phi) is 4.64. The van der Waals surface area contributed by atoms with Gasteiger partial charge in [0, 0.05) is 14.5 Å². The number of nitrogens with two attached hydrogens (primary N) is 1. The fourth-order valence-corrected chi connectivity index (χ4v) is 3.83. The first kappa shape index (κ1) is 18.0. The molecule has 2 N–H and O–H groups in total. The predicted molar refractivity (Wildman–Crippen MR) is 110 cm³/mol. The van der Waals surface area contributed by atoms with Gasteiger partial charge in [-0.05, 0) is 42.8 Å². The third kappa shape index (κ3) is 3.10. The smallest absolute Gasteiger partial charge is 0.226 e. The number of halogens is 2. The Morgan fingerprint density at radius 1 is 1.15 bits per heavy atom. The summed E-state index contributed by atoms with van der Waals surface area (Å²) in [5, 5.41) is 14.4. The lowest BCUT2D eigenvalue weighted by Gasteiger charge is -2.24. The molecule has 0 aliphatic carbocycles. The van der Waals surface area contributed by atoms with E-state index in [-0.39, 0.29) is 0 Å². The molecule has 0 amide bonds. The van der Waals surface area contributed by atoms with Crippen molar-refractivity contribution in [2.75, 3.05) is 0 Å². The average Bonchev–Trinajstić information content (AvgIpc) is 2.97.